The van der Waals surface area contributed by atoms with E-state index in [-0.39, 0.29) is 30.7 Å². The number of hydrogen-bond donors (Lipinski definition) is 2. The van der Waals surface area contributed by atoms with Crippen molar-refractivity contribution in [2.75, 3.05) is 26.2 Å². The van der Waals surface area contributed by atoms with Crippen molar-refractivity contribution in [3.63, 3.8) is 0 Å². The molecule has 0 atom stereocenters. The van der Waals surface area contributed by atoms with Crippen LogP contribution in [0, 0.1) is 0 Å². The van der Waals surface area contributed by atoms with Gasteiger partial charge in [-0.25, -0.2) is 0 Å². The molecule has 0 aromatic heterocycles. The van der Waals surface area contributed by atoms with Crippen LogP contribution in [0.2, 0.25) is 0 Å². The SMILES string of the molecule is Cl.Cl.NCc1ccc(C(=O)NCCN2CCCC2)cc1. The highest BCUT2D eigenvalue weighted by Gasteiger charge is 2.11. The molecule has 1 aromatic carbocycles. The molecule has 0 radical (unpaired) electrons. The molecule has 0 aliphatic carbocycles. The molecule has 1 saturated heterocycles. The van der Waals surface area contributed by atoms with Gasteiger partial charge < -0.3 is 16.0 Å². The summed E-state index contributed by atoms with van der Waals surface area (Å²) in [6.07, 6.45) is 2.57. The summed E-state index contributed by atoms with van der Waals surface area (Å²) < 4.78 is 0. The summed E-state index contributed by atoms with van der Waals surface area (Å²) in [7, 11) is 0. The second-order valence-electron chi connectivity index (χ2n) is 4.71. The molecular weight excluding hydrogens is 297 g/mol. The van der Waals surface area contributed by atoms with Gasteiger partial charge >= 0.3 is 0 Å². The standard InChI is InChI=1S/C14H21N3O.2ClH/c15-11-12-3-5-13(6-4-12)14(18)16-7-10-17-8-1-2-9-17;;/h3-6H,1-2,7-11,15H2,(H,16,18);2*1H. The average Bonchev–Trinajstić information content (AvgIpc) is 2.92. The van der Waals surface area contributed by atoms with Crippen LogP contribution in [0.25, 0.3) is 0 Å². The van der Waals surface area contributed by atoms with Gasteiger partial charge in [0.05, 0.1) is 0 Å². The summed E-state index contributed by atoms with van der Waals surface area (Å²) in [5.74, 6) is -0.00207. The zero-order chi connectivity index (χ0) is 12.8. The molecule has 3 N–H and O–H groups in total. The van der Waals surface area contributed by atoms with E-state index in [2.05, 4.69) is 10.2 Å². The Morgan fingerprint density at radius 3 is 2.30 bits per heavy atom. The smallest absolute Gasteiger partial charge is 0.251 e. The second kappa shape index (κ2) is 10.00. The third-order valence-electron chi connectivity index (χ3n) is 3.36. The molecule has 0 bridgehead atoms. The largest absolute Gasteiger partial charge is 0.351 e. The van der Waals surface area contributed by atoms with Crippen molar-refractivity contribution in [1.29, 1.82) is 0 Å². The Kier molecular flexibility index (Phi) is 9.59. The van der Waals surface area contributed by atoms with Crippen LogP contribution in [-0.2, 0) is 6.54 Å². The number of nitrogens with one attached hydrogen (secondary N) is 1. The van der Waals surface area contributed by atoms with Gasteiger partial charge in [-0.15, -0.1) is 24.8 Å². The van der Waals surface area contributed by atoms with Crippen molar-refractivity contribution < 1.29 is 4.79 Å². The molecule has 0 spiro atoms. The number of carbonyl (C=O) groups is 1. The van der Waals surface area contributed by atoms with Gasteiger partial charge in [0.2, 0.25) is 0 Å². The minimum absolute atomic E-state index is 0. The molecule has 1 amide bonds. The topological polar surface area (TPSA) is 58.4 Å². The minimum atomic E-state index is -0.00207. The van der Waals surface area contributed by atoms with Crippen molar-refractivity contribution in [2.24, 2.45) is 5.73 Å². The van der Waals surface area contributed by atoms with Gasteiger partial charge in [0, 0.05) is 25.2 Å². The summed E-state index contributed by atoms with van der Waals surface area (Å²) in [4.78, 5) is 14.2. The molecule has 0 saturated carbocycles. The van der Waals surface area contributed by atoms with Crippen LogP contribution in [0.4, 0.5) is 0 Å². The Morgan fingerprint density at radius 1 is 1.15 bits per heavy atom. The zero-order valence-corrected chi connectivity index (χ0v) is 13.1. The van der Waals surface area contributed by atoms with E-state index in [9.17, 15) is 4.79 Å². The van der Waals surface area contributed by atoms with Crippen LogP contribution < -0.4 is 11.1 Å². The van der Waals surface area contributed by atoms with E-state index in [0.717, 1.165) is 18.7 Å². The molecule has 20 heavy (non-hydrogen) atoms. The molecule has 6 heteroatoms. The molecule has 1 heterocycles. The zero-order valence-electron chi connectivity index (χ0n) is 11.5. The number of nitrogens with zero attached hydrogens (tertiary/aromatic N) is 1. The molecule has 1 aromatic rings. The number of benzene rings is 1. The van der Waals surface area contributed by atoms with E-state index in [1.54, 1.807) is 0 Å². The van der Waals surface area contributed by atoms with Crippen molar-refractivity contribution >= 4 is 30.7 Å². The van der Waals surface area contributed by atoms with Crippen LogP contribution in [0.5, 0.6) is 0 Å². The fourth-order valence-electron chi connectivity index (χ4n) is 2.23. The lowest BCUT2D eigenvalue weighted by molar-refractivity contribution is 0.0950. The number of halogens is 2. The third kappa shape index (κ3) is 5.67. The minimum Gasteiger partial charge on any atom is -0.351 e. The molecule has 1 fully saturated rings. The van der Waals surface area contributed by atoms with E-state index >= 15 is 0 Å². The maximum absolute atomic E-state index is 11.9. The number of carbonyl (C=O) groups excluding carboxylic acids is 1. The first-order valence-electron chi connectivity index (χ1n) is 6.59. The fourth-order valence-corrected chi connectivity index (χ4v) is 2.23. The van der Waals surface area contributed by atoms with Gasteiger partial charge in [0.1, 0.15) is 0 Å². The van der Waals surface area contributed by atoms with Gasteiger partial charge in [-0.3, -0.25) is 4.79 Å². The quantitative estimate of drug-likeness (QED) is 0.870. The van der Waals surface area contributed by atoms with Gasteiger partial charge in [-0.05, 0) is 43.6 Å². The lowest BCUT2D eigenvalue weighted by Crippen LogP contribution is -2.33. The summed E-state index contributed by atoms with van der Waals surface area (Å²) in [5, 5.41) is 2.95. The number of hydrogen-bond acceptors (Lipinski definition) is 3. The predicted molar refractivity (Wildman–Crippen MR) is 86.8 cm³/mol. The van der Waals surface area contributed by atoms with Crippen molar-refractivity contribution in [1.82, 2.24) is 10.2 Å². The van der Waals surface area contributed by atoms with Crippen LogP contribution in [0.15, 0.2) is 24.3 Å². The van der Waals surface area contributed by atoms with E-state index in [4.69, 9.17) is 5.73 Å². The molecule has 1 aliphatic heterocycles. The van der Waals surface area contributed by atoms with Gasteiger partial charge in [0.15, 0.2) is 0 Å². The van der Waals surface area contributed by atoms with Crippen LogP contribution >= 0.6 is 24.8 Å². The Morgan fingerprint density at radius 2 is 1.75 bits per heavy atom. The molecule has 4 nitrogen and oxygen atoms in total. The first kappa shape index (κ1) is 19.2. The predicted octanol–water partition coefficient (Wildman–Crippen LogP) is 1.81. The number of amides is 1. The maximum atomic E-state index is 11.9. The van der Waals surface area contributed by atoms with Crippen LogP contribution in [0.3, 0.4) is 0 Å². The van der Waals surface area contributed by atoms with Crippen LogP contribution in [0.1, 0.15) is 28.8 Å². The molecule has 114 valence electrons. The first-order valence-corrected chi connectivity index (χ1v) is 6.59. The van der Waals surface area contributed by atoms with Gasteiger partial charge in [-0.2, -0.15) is 0 Å². The molecule has 1 aliphatic rings. The Labute approximate surface area is 132 Å². The van der Waals surface area contributed by atoms with E-state index in [1.165, 1.54) is 25.9 Å². The lowest BCUT2D eigenvalue weighted by atomic mass is 10.1. The molecule has 0 unspecified atom stereocenters. The fraction of sp³-hybridized carbons (Fsp3) is 0.500. The van der Waals surface area contributed by atoms with Crippen molar-refractivity contribution in [3.8, 4) is 0 Å². The van der Waals surface area contributed by atoms with E-state index < -0.39 is 0 Å². The highest BCUT2D eigenvalue weighted by molar-refractivity contribution is 5.94. The molecular formula is C14H23Cl2N3O. The number of rotatable bonds is 5. The third-order valence-corrected chi connectivity index (χ3v) is 3.36. The normalized spacial score (nSPS) is 14.2. The number of likely N-dealkylation sites (tertiary alicyclic amines) is 1. The summed E-state index contributed by atoms with van der Waals surface area (Å²) >= 11 is 0. The van der Waals surface area contributed by atoms with E-state index in [1.807, 2.05) is 24.3 Å². The monoisotopic (exact) mass is 319 g/mol. The highest BCUT2D eigenvalue weighted by Crippen LogP contribution is 2.06. The Bertz CT molecular complexity index is 392. The molecule has 2 rings (SSSR count). The summed E-state index contributed by atoms with van der Waals surface area (Å²) in [6.45, 7) is 4.52. The van der Waals surface area contributed by atoms with Crippen molar-refractivity contribution in [3.05, 3.63) is 35.4 Å². The highest BCUT2D eigenvalue weighted by atomic mass is 35.5. The van der Waals surface area contributed by atoms with Gasteiger partial charge in [0.25, 0.3) is 5.91 Å². The summed E-state index contributed by atoms with van der Waals surface area (Å²) in [6, 6.07) is 7.45. The lowest BCUT2D eigenvalue weighted by Gasteiger charge is -2.14. The van der Waals surface area contributed by atoms with E-state index in [0.29, 0.717) is 12.1 Å². The summed E-state index contributed by atoms with van der Waals surface area (Å²) in [5.41, 5.74) is 7.27. The Balaban J connectivity index is 0.00000180. The second-order valence-corrected chi connectivity index (χ2v) is 4.71. The van der Waals surface area contributed by atoms with Crippen LogP contribution in [-0.4, -0.2) is 37.0 Å². The number of nitrogens with two attached hydrogens (primary N) is 1. The first-order chi connectivity index (χ1) is 8.79. The maximum Gasteiger partial charge on any atom is 0.251 e. The Hall–Kier alpha value is -0.810. The van der Waals surface area contributed by atoms with Gasteiger partial charge in [-0.1, -0.05) is 12.1 Å². The van der Waals surface area contributed by atoms with Crippen molar-refractivity contribution in [2.45, 2.75) is 19.4 Å². The average molecular weight is 320 g/mol.